The van der Waals surface area contributed by atoms with Crippen LogP contribution in [0.3, 0.4) is 0 Å². The van der Waals surface area contributed by atoms with Crippen LogP contribution in [0.4, 0.5) is 4.39 Å². The molecule has 0 aliphatic heterocycles. The first kappa shape index (κ1) is 15.2. The van der Waals surface area contributed by atoms with Crippen LogP contribution in [0.5, 0.6) is 0 Å². The number of aliphatic hydroxyl groups is 1. The molecule has 0 amide bonds. The van der Waals surface area contributed by atoms with E-state index in [0.717, 1.165) is 7.11 Å². The summed E-state index contributed by atoms with van der Waals surface area (Å²) in [5.41, 5.74) is -2.74. The Morgan fingerprint density at radius 1 is 1.24 bits per heavy atom. The van der Waals surface area contributed by atoms with Crippen LogP contribution in [-0.4, -0.2) is 34.7 Å². The van der Waals surface area contributed by atoms with Gasteiger partial charge in [-0.25, -0.2) is 9.18 Å². The van der Waals surface area contributed by atoms with Crippen molar-refractivity contribution in [2.75, 3.05) is 7.11 Å². The molecular formula is C12H15FO4. The third kappa shape index (κ3) is 3.35. The number of aliphatic hydroxyl groups excluding tert-OH is 1. The number of alkyl halides is 1. The molecule has 0 aromatic heterocycles. The molecule has 0 heterocycles. The predicted molar refractivity (Wildman–Crippen MR) is 60.7 cm³/mol. The first-order valence-corrected chi connectivity index (χ1v) is 4.99. The van der Waals surface area contributed by atoms with Crippen molar-refractivity contribution in [3.05, 3.63) is 35.9 Å². The predicted octanol–water partition coefficient (Wildman–Crippen LogP) is 1.68. The molecule has 1 aromatic rings. The van der Waals surface area contributed by atoms with Gasteiger partial charge in [-0.15, -0.1) is 0 Å². The van der Waals surface area contributed by atoms with Crippen LogP contribution >= 0.6 is 0 Å². The topological polar surface area (TPSA) is 74.6 Å². The van der Waals surface area contributed by atoms with Crippen LogP contribution in [0.25, 0.3) is 0 Å². The van der Waals surface area contributed by atoms with Crippen molar-refractivity contribution in [2.45, 2.75) is 19.0 Å². The summed E-state index contributed by atoms with van der Waals surface area (Å²) in [7, 11) is 1.00. The summed E-state index contributed by atoms with van der Waals surface area (Å²) in [5.74, 6) is -2.74. The van der Waals surface area contributed by atoms with Gasteiger partial charge in [-0.2, -0.15) is 0 Å². The molecule has 2 N–H and O–H groups in total. The van der Waals surface area contributed by atoms with E-state index in [9.17, 15) is 14.0 Å². The normalized spacial score (nSPS) is 12.9. The lowest BCUT2D eigenvalue weighted by Crippen LogP contribution is -2.41. The lowest BCUT2D eigenvalue weighted by atomic mass is 9.92. The van der Waals surface area contributed by atoms with Crippen molar-refractivity contribution in [3.63, 3.8) is 0 Å². The van der Waals surface area contributed by atoms with Crippen LogP contribution in [0, 0.1) is 0 Å². The summed E-state index contributed by atoms with van der Waals surface area (Å²) >= 11 is 0. The third-order valence-corrected chi connectivity index (χ3v) is 2.22. The minimum absolute atomic E-state index is 0.0734. The van der Waals surface area contributed by atoms with Gasteiger partial charge in [0.1, 0.15) is 0 Å². The molecule has 94 valence electrons. The highest BCUT2D eigenvalue weighted by Gasteiger charge is 2.45. The molecule has 0 aliphatic carbocycles. The van der Waals surface area contributed by atoms with Gasteiger partial charge in [-0.1, -0.05) is 37.3 Å². The molecule has 0 fully saturated rings. The molecule has 0 bridgehead atoms. The Morgan fingerprint density at radius 2 is 1.71 bits per heavy atom. The van der Waals surface area contributed by atoms with E-state index in [1.165, 1.54) is 19.1 Å². The first-order valence-electron chi connectivity index (χ1n) is 4.99. The third-order valence-electron chi connectivity index (χ3n) is 2.22. The Kier molecular flexibility index (Phi) is 6.06. The number of aliphatic carboxylic acids is 1. The van der Waals surface area contributed by atoms with E-state index in [-0.39, 0.29) is 12.0 Å². The van der Waals surface area contributed by atoms with Crippen LogP contribution in [0.15, 0.2) is 30.3 Å². The van der Waals surface area contributed by atoms with Crippen LogP contribution in [0.1, 0.15) is 23.7 Å². The Bertz CT molecular complexity index is 377. The number of carbonyl (C=O) groups is 2. The standard InChI is InChI=1S/C11H11FO3.CH4O/c1-2-11(12,10(14)15)9(13)8-6-4-3-5-7-8;1-2/h3-7H,2H2,1H3,(H,14,15);2H,1H3. The SMILES string of the molecule is CCC(F)(C(=O)O)C(=O)c1ccccc1.CO. The number of carboxylic acid groups (broad SMARTS) is 1. The van der Waals surface area contributed by atoms with Gasteiger partial charge < -0.3 is 10.2 Å². The largest absolute Gasteiger partial charge is 0.479 e. The zero-order valence-electron chi connectivity index (χ0n) is 9.68. The average Bonchev–Trinajstić information content (AvgIpc) is 2.40. The number of hydrogen-bond donors (Lipinski definition) is 2. The number of Topliss-reactive ketones (excluding diaryl/α,β-unsaturated/α-hetero) is 1. The van der Waals surface area contributed by atoms with E-state index in [4.69, 9.17) is 10.2 Å². The highest BCUT2D eigenvalue weighted by Crippen LogP contribution is 2.22. The molecule has 0 spiro atoms. The maximum Gasteiger partial charge on any atom is 0.349 e. The van der Waals surface area contributed by atoms with Crippen LogP contribution in [0.2, 0.25) is 0 Å². The smallest absolute Gasteiger partial charge is 0.349 e. The second-order valence-corrected chi connectivity index (χ2v) is 3.16. The second kappa shape index (κ2) is 6.75. The summed E-state index contributed by atoms with van der Waals surface area (Å²) in [6.45, 7) is 1.33. The first-order chi connectivity index (χ1) is 8.02. The van der Waals surface area contributed by atoms with Crippen LogP contribution < -0.4 is 0 Å². The molecule has 5 heteroatoms. The van der Waals surface area contributed by atoms with Crippen molar-refractivity contribution in [3.8, 4) is 0 Å². The molecule has 0 radical (unpaired) electrons. The molecule has 4 nitrogen and oxygen atoms in total. The molecule has 0 saturated heterocycles. The zero-order valence-corrected chi connectivity index (χ0v) is 9.68. The van der Waals surface area contributed by atoms with E-state index in [1.807, 2.05) is 0 Å². The number of carboxylic acids is 1. The number of halogens is 1. The van der Waals surface area contributed by atoms with Crippen molar-refractivity contribution in [1.82, 2.24) is 0 Å². The lowest BCUT2D eigenvalue weighted by molar-refractivity contribution is -0.147. The van der Waals surface area contributed by atoms with E-state index in [2.05, 4.69) is 0 Å². The van der Waals surface area contributed by atoms with Gasteiger partial charge in [0.25, 0.3) is 5.67 Å². The molecule has 0 saturated carbocycles. The van der Waals surface area contributed by atoms with E-state index >= 15 is 0 Å². The fourth-order valence-electron chi connectivity index (χ4n) is 1.23. The van der Waals surface area contributed by atoms with Crippen molar-refractivity contribution in [1.29, 1.82) is 0 Å². The van der Waals surface area contributed by atoms with Gasteiger partial charge in [-0.05, 0) is 6.42 Å². The highest BCUT2D eigenvalue weighted by atomic mass is 19.1. The van der Waals surface area contributed by atoms with Gasteiger partial charge >= 0.3 is 5.97 Å². The highest BCUT2D eigenvalue weighted by molar-refractivity contribution is 6.14. The summed E-state index contributed by atoms with van der Waals surface area (Å²) in [6.07, 6.45) is -0.379. The number of benzene rings is 1. The Labute approximate surface area is 98.7 Å². The molecule has 1 rings (SSSR count). The maximum absolute atomic E-state index is 13.8. The zero-order chi connectivity index (χ0) is 13.5. The fourth-order valence-corrected chi connectivity index (χ4v) is 1.23. The van der Waals surface area contributed by atoms with E-state index in [0.29, 0.717) is 0 Å². The van der Waals surface area contributed by atoms with Gasteiger partial charge in [-0.3, -0.25) is 4.79 Å². The number of rotatable bonds is 4. The quantitative estimate of drug-likeness (QED) is 0.622. The molecule has 0 aliphatic rings. The molecule has 1 aromatic carbocycles. The second-order valence-electron chi connectivity index (χ2n) is 3.16. The fraction of sp³-hybridized carbons (Fsp3) is 0.333. The number of ketones is 1. The minimum atomic E-state index is -2.82. The Balaban J connectivity index is 0.00000121. The van der Waals surface area contributed by atoms with Gasteiger partial charge in [0.05, 0.1) is 0 Å². The average molecular weight is 242 g/mol. The molecule has 1 atom stereocenters. The Hall–Kier alpha value is -1.75. The number of carbonyl (C=O) groups excluding carboxylic acids is 1. The van der Waals surface area contributed by atoms with E-state index in [1.54, 1.807) is 18.2 Å². The molecule has 17 heavy (non-hydrogen) atoms. The van der Waals surface area contributed by atoms with Crippen molar-refractivity contribution in [2.24, 2.45) is 0 Å². The summed E-state index contributed by atoms with van der Waals surface area (Å²) in [5, 5.41) is 15.7. The molecule has 1 unspecified atom stereocenters. The summed E-state index contributed by atoms with van der Waals surface area (Å²) in [4.78, 5) is 22.3. The summed E-state index contributed by atoms with van der Waals surface area (Å²) < 4.78 is 13.8. The van der Waals surface area contributed by atoms with Crippen molar-refractivity contribution < 1.29 is 24.2 Å². The monoisotopic (exact) mass is 242 g/mol. The van der Waals surface area contributed by atoms with Crippen molar-refractivity contribution >= 4 is 11.8 Å². The van der Waals surface area contributed by atoms with E-state index < -0.39 is 17.4 Å². The van der Waals surface area contributed by atoms with Gasteiger partial charge in [0, 0.05) is 12.7 Å². The van der Waals surface area contributed by atoms with Gasteiger partial charge in [0.2, 0.25) is 5.78 Å². The Morgan fingerprint density at radius 3 is 2.06 bits per heavy atom. The minimum Gasteiger partial charge on any atom is -0.479 e. The van der Waals surface area contributed by atoms with Gasteiger partial charge in [0.15, 0.2) is 0 Å². The van der Waals surface area contributed by atoms with Crippen LogP contribution in [-0.2, 0) is 4.79 Å². The lowest BCUT2D eigenvalue weighted by Gasteiger charge is -2.16. The maximum atomic E-state index is 13.8. The molecular weight excluding hydrogens is 227 g/mol. The number of hydrogen-bond acceptors (Lipinski definition) is 3. The summed E-state index contributed by atoms with van der Waals surface area (Å²) in [6, 6.07) is 7.59.